The van der Waals surface area contributed by atoms with E-state index in [1.54, 1.807) is 0 Å². The second-order valence-electron chi connectivity index (χ2n) is 3.14. The molecule has 16 heavy (non-hydrogen) atoms. The van der Waals surface area contributed by atoms with Crippen molar-refractivity contribution in [2.24, 2.45) is 5.10 Å². The molecule has 2 amide bonds. The third-order valence-corrected chi connectivity index (χ3v) is 1.97. The molecular formula is C9H9N5O2. The number of rotatable bonds is 2. The minimum absolute atomic E-state index is 0.184. The molecule has 0 aromatic carbocycles. The molecule has 7 nitrogen and oxygen atoms in total. The smallest absolute Gasteiger partial charge is 0.273 e. The number of carbonyl (C=O) groups is 2. The van der Waals surface area contributed by atoms with Crippen LogP contribution in [-0.2, 0) is 9.59 Å². The van der Waals surface area contributed by atoms with Crippen molar-refractivity contribution >= 4 is 23.3 Å². The van der Waals surface area contributed by atoms with Crippen molar-refractivity contribution < 1.29 is 9.59 Å². The van der Waals surface area contributed by atoms with Gasteiger partial charge in [0, 0.05) is 25.2 Å². The number of aromatic nitrogens is 2. The summed E-state index contributed by atoms with van der Waals surface area (Å²) in [5, 5.41) is 6.20. The Labute approximate surface area is 91.0 Å². The maximum absolute atomic E-state index is 11.6. The lowest BCUT2D eigenvalue weighted by Crippen LogP contribution is -2.32. The van der Waals surface area contributed by atoms with Crippen molar-refractivity contribution in [2.75, 3.05) is 5.32 Å². The number of nitrogens with zero attached hydrogens (tertiary/aromatic N) is 3. The van der Waals surface area contributed by atoms with E-state index in [2.05, 4.69) is 25.8 Å². The van der Waals surface area contributed by atoms with Crippen LogP contribution in [0.5, 0.6) is 0 Å². The van der Waals surface area contributed by atoms with E-state index >= 15 is 0 Å². The fourth-order valence-electron chi connectivity index (χ4n) is 1.19. The van der Waals surface area contributed by atoms with E-state index in [0.29, 0.717) is 12.2 Å². The molecule has 0 radical (unpaired) electrons. The minimum Gasteiger partial charge on any atom is -0.304 e. The van der Waals surface area contributed by atoms with E-state index in [4.69, 9.17) is 0 Å². The maximum atomic E-state index is 11.6. The van der Waals surface area contributed by atoms with Gasteiger partial charge in [-0.15, -0.1) is 0 Å². The average Bonchev–Trinajstić information content (AvgIpc) is 2.31. The lowest BCUT2D eigenvalue weighted by Gasteiger charge is -2.11. The van der Waals surface area contributed by atoms with Gasteiger partial charge in [0.2, 0.25) is 5.91 Å². The fraction of sp³-hybridized carbons (Fsp3) is 0.222. The first-order chi connectivity index (χ1) is 7.75. The van der Waals surface area contributed by atoms with Gasteiger partial charge in [-0.2, -0.15) is 5.10 Å². The van der Waals surface area contributed by atoms with Gasteiger partial charge in [0.1, 0.15) is 5.71 Å². The molecule has 1 aliphatic rings. The quantitative estimate of drug-likeness (QED) is 0.712. The van der Waals surface area contributed by atoms with E-state index < -0.39 is 0 Å². The highest BCUT2D eigenvalue weighted by atomic mass is 16.2. The van der Waals surface area contributed by atoms with Crippen LogP contribution >= 0.6 is 0 Å². The molecule has 1 aromatic heterocycles. The minimum atomic E-state index is -0.375. The van der Waals surface area contributed by atoms with Crippen LogP contribution in [0.4, 0.5) is 5.82 Å². The Balaban J connectivity index is 2.01. The standard InChI is InChI=1S/C9H9N5O2/c15-8-2-1-6(13-14-8)9(16)12-7-5-10-3-4-11-7/h3-5H,1-2H2,(H,14,15)(H,11,12,16). The van der Waals surface area contributed by atoms with Crippen LogP contribution in [-0.4, -0.2) is 27.5 Å². The number of anilines is 1. The van der Waals surface area contributed by atoms with Gasteiger partial charge in [0.05, 0.1) is 6.20 Å². The number of hydrogen-bond acceptors (Lipinski definition) is 5. The van der Waals surface area contributed by atoms with Gasteiger partial charge >= 0.3 is 0 Å². The van der Waals surface area contributed by atoms with Gasteiger partial charge in [0.25, 0.3) is 5.91 Å². The number of hydrogen-bond donors (Lipinski definition) is 2. The first kappa shape index (κ1) is 10.2. The van der Waals surface area contributed by atoms with Crippen LogP contribution in [0, 0.1) is 0 Å². The molecular weight excluding hydrogens is 210 g/mol. The van der Waals surface area contributed by atoms with Crippen molar-refractivity contribution in [1.29, 1.82) is 0 Å². The summed E-state index contributed by atoms with van der Waals surface area (Å²) in [5.41, 5.74) is 2.53. The molecule has 0 saturated carbocycles. The predicted octanol–water partition coefficient (Wildman–Crippen LogP) is -0.319. The third kappa shape index (κ3) is 2.38. The monoisotopic (exact) mass is 219 g/mol. The molecule has 1 aliphatic heterocycles. The average molecular weight is 219 g/mol. The normalized spacial score (nSPS) is 15.0. The molecule has 0 spiro atoms. The number of amides is 2. The Hall–Kier alpha value is -2.31. The summed E-state index contributed by atoms with van der Waals surface area (Å²) in [7, 11) is 0. The zero-order chi connectivity index (χ0) is 11.4. The van der Waals surface area contributed by atoms with Crippen LogP contribution in [0.15, 0.2) is 23.7 Å². The molecule has 0 fully saturated rings. The molecule has 0 aliphatic carbocycles. The number of hydrazone groups is 1. The topological polar surface area (TPSA) is 96.3 Å². The molecule has 7 heteroatoms. The summed E-state index contributed by atoms with van der Waals surface area (Å²) < 4.78 is 0. The van der Waals surface area contributed by atoms with Crippen molar-refractivity contribution in [3.8, 4) is 0 Å². The van der Waals surface area contributed by atoms with Gasteiger partial charge in [0.15, 0.2) is 5.82 Å². The molecule has 82 valence electrons. The summed E-state index contributed by atoms with van der Waals surface area (Å²) in [6, 6.07) is 0. The van der Waals surface area contributed by atoms with Crippen molar-refractivity contribution in [3.63, 3.8) is 0 Å². The first-order valence-corrected chi connectivity index (χ1v) is 4.68. The van der Waals surface area contributed by atoms with Crippen LogP contribution < -0.4 is 10.7 Å². The fourth-order valence-corrected chi connectivity index (χ4v) is 1.19. The molecule has 0 atom stereocenters. The second kappa shape index (κ2) is 4.47. The van der Waals surface area contributed by atoms with Gasteiger partial charge < -0.3 is 5.32 Å². The maximum Gasteiger partial charge on any atom is 0.273 e. The van der Waals surface area contributed by atoms with Gasteiger partial charge in [-0.05, 0) is 0 Å². The second-order valence-corrected chi connectivity index (χ2v) is 3.14. The van der Waals surface area contributed by atoms with Crippen molar-refractivity contribution in [3.05, 3.63) is 18.6 Å². The van der Waals surface area contributed by atoms with Gasteiger partial charge in [-0.25, -0.2) is 10.4 Å². The Kier molecular flexibility index (Phi) is 2.86. The van der Waals surface area contributed by atoms with E-state index in [0.717, 1.165) is 0 Å². The first-order valence-electron chi connectivity index (χ1n) is 4.68. The molecule has 0 bridgehead atoms. The van der Waals surface area contributed by atoms with Crippen LogP contribution in [0.25, 0.3) is 0 Å². The SMILES string of the molecule is O=C1CCC(C(=O)Nc2cnccn2)=NN1. The molecule has 2 N–H and O–H groups in total. The highest BCUT2D eigenvalue weighted by Crippen LogP contribution is 2.03. The largest absolute Gasteiger partial charge is 0.304 e. The van der Waals surface area contributed by atoms with Crippen molar-refractivity contribution in [1.82, 2.24) is 15.4 Å². The molecule has 2 heterocycles. The Morgan fingerprint density at radius 3 is 2.88 bits per heavy atom. The molecule has 1 aromatic rings. The zero-order valence-electron chi connectivity index (χ0n) is 8.30. The van der Waals surface area contributed by atoms with E-state index in [9.17, 15) is 9.59 Å². The Bertz CT molecular complexity index is 442. The molecule has 2 rings (SSSR count). The predicted molar refractivity (Wildman–Crippen MR) is 55.5 cm³/mol. The van der Waals surface area contributed by atoms with E-state index in [-0.39, 0.29) is 23.9 Å². The lowest BCUT2D eigenvalue weighted by atomic mass is 10.1. The number of carbonyl (C=O) groups excluding carboxylic acids is 2. The summed E-state index contributed by atoms with van der Waals surface area (Å²) >= 11 is 0. The highest BCUT2D eigenvalue weighted by molar-refractivity contribution is 6.43. The molecule has 0 saturated heterocycles. The lowest BCUT2D eigenvalue weighted by molar-refractivity contribution is -0.121. The summed E-state index contributed by atoms with van der Waals surface area (Å²) in [6.45, 7) is 0. The van der Waals surface area contributed by atoms with Gasteiger partial charge in [-0.3, -0.25) is 14.6 Å². The van der Waals surface area contributed by atoms with Crippen LogP contribution in [0.1, 0.15) is 12.8 Å². The highest BCUT2D eigenvalue weighted by Gasteiger charge is 2.18. The Morgan fingerprint density at radius 2 is 2.25 bits per heavy atom. The summed E-state index contributed by atoms with van der Waals surface area (Å²) in [5.74, 6) is -0.205. The van der Waals surface area contributed by atoms with Crippen molar-refractivity contribution in [2.45, 2.75) is 12.8 Å². The van der Waals surface area contributed by atoms with Crippen LogP contribution in [0.2, 0.25) is 0 Å². The summed E-state index contributed by atoms with van der Waals surface area (Å²) in [6.07, 6.45) is 5.01. The van der Waals surface area contributed by atoms with Gasteiger partial charge in [-0.1, -0.05) is 0 Å². The zero-order valence-corrected chi connectivity index (χ0v) is 8.30. The third-order valence-electron chi connectivity index (χ3n) is 1.97. The van der Waals surface area contributed by atoms with E-state index in [1.165, 1.54) is 18.6 Å². The Morgan fingerprint density at radius 1 is 1.38 bits per heavy atom. The molecule has 0 unspecified atom stereocenters. The number of nitrogens with one attached hydrogen (secondary N) is 2. The summed E-state index contributed by atoms with van der Waals surface area (Å²) in [4.78, 5) is 30.1. The van der Waals surface area contributed by atoms with E-state index in [1.807, 2.05) is 0 Å². The van der Waals surface area contributed by atoms with Crippen LogP contribution in [0.3, 0.4) is 0 Å².